The van der Waals surface area contributed by atoms with E-state index >= 15 is 0 Å². The largest absolute Gasteiger partial charge is 0.480 e. The number of benzene rings is 2. The normalized spacial score (nSPS) is 14.2. The van der Waals surface area contributed by atoms with E-state index in [1.165, 1.54) is 0 Å². The van der Waals surface area contributed by atoms with Gasteiger partial charge in [0.2, 0.25) is 5.91 Å². The first-order chi connectivity index (χ1) is 15.3. The highest BCUT2D eigenvalue weighted by Crippen LogP contribution is 2.44. The van der Waals surface area contributed by atoms with Gasteiger partial charge in [0, 0.05) is 12.5 Å². The summed E-state index contributed by atoms with van der Waals surface area (Å²) in [6.45, 7) is -0.556. The first-order valence-corrected chi connectivity index (χ1v) is 10.2. The molecule has 9 heteroatoms. The summed E-state index contributed by atoms with van der Waals surface area (Å²) >= 11 is 0. The third-order valence-corrected chi connectivity index (χ3v) is 5.30. The summed E-state index contributed by atoms with van der Waals surface area (Å²) in [6, 6.07) is 13.4. The number of carbonyl (C=O) groups excluding carboxylic acids is 2. The first kappa shape index (κ1) is 23.2. The second-order valence-electron chi connectivity index (χ2n) is 7.87. The maximum Gasteiger partial charge on any atom is 0.407 e. The molecule has 0 radical (unpaired) electrons. The third-order valence-electron chi connectivity index (χ3n) is 5.30. The van der Waals surface area contributed by atoms with Crippen LogP contribution in [0.15, 0.2) is 48.5 Å². The highest BCUT2D eigenvalue weighted by molar-refractivity contribution is 5.89. The molecule has 32 heavy (non-hydrogen) atoms. The molecule has 1 aliphatic carbocycles. The third kappa shape index (κ3) is 5.24. The van der Waals surface area contributed by atoms with Crippen molar-refractivity contribution < 1.29 is 29.3 Å². The summed E-state index contributed by atoms with van der Waals surface area (Å²) in [5, 5.41) is 22.9. The molecule has 2 atom stereocenters. The number of hydrogen-bond acceptors (Lipinski definition) is 6. The number of amides is 2. The zero-order chi connectivity index (χ0) is 23.3. The standard InChI is InChI=1S/C23H27N3O6/c1-26(2)11-19(21(28)24-20(12-27)22(29)30)25-23(31)32-13-18-16-9-5-3-7-14(16)15-8-4-6-10-17(15)18/h3-10,18-20,27H,11-13H2,1-2H3,(H,24,28)(H,25,31)(H,29,30)/t19?,20-/m0/s1. The van der Waals surface area contributed by atoms with E-state index in [0.717, 1.165) is 22.3 Å². The second-order valence-corrected chi connectivity index (χ2v) is 7.87. The molecule has 0 saturated carbocycles. The highest BCUT2D eigenvalue weighted by Gasteiger charge is 2.30. The number of nitrogens with one attached hydrogen (secondary N) is 2. The Bertz CT molecular complexity index is 948. The molecule has 170 valence electrons. The predicted octanol–water partition coefficient (Wildman–Crippen LogP) is 1.02. The number of carboxylic acid groups (broad SMARTS) is 1. The van der Waals surface area contributed by atoms with Gasteiger partial charge in [0.15, 0.2) is 0 Å². The number of alkyl carbamates (subject to hydrolysis) is 1. The van der Waals surface area contributed by atoms with Crippen LogP contribution >= 0.6 is 0 Å². The zero-order valence-corrected chi connectivity index (χ0v) is 17.9. The summed E-state index contributed by atoms with van der Waals surface area (Å²) in [6.07, 6.45) is -0.787. The van der Waals surface area contributed by atoms with Gasteiger partial charge in [0.25, 0.3) is 0 Å². The van der Waals surface area contributed by atoms with Crippen LogP contribution in [0, 0.1) is 0 Å². The van der Waals surface area contributed by atoms with Gasteiger partial charge in [-0.05, 0) is 36.3 Å². The lowest BCUT2D eigenvalue weighted by atomic mass is 9.98. The molecule has 3 rings (SSSR count). The smallest absolute Gasteiger partial charge is 0.407 e. The Balaban J connectivity index is 1.67. The molecule has 0 heterocycles. The molecular weight excluding hydrogens is 414 g/mol. The van der Waals surface area contributed by atoms with Crippen molar-refractivity contribution in [2.24, 2.45) is 0 Å². The summed E-state index contributed by atoms with van der Waals surface area (Å²) in [5.41, 5.74) is 4.34. The number of carbonyl (C=O) groups is 3. The molecule has 0 aromatic heterocycles. The van der Waals surface area contributed by atoms with Gasteiger partial charge < -0.3 is 30.5 Å². The van der Waals surface area contributed by atoms with Crippen LogP contribution in [0.2, 0.25) is 0 Å². The minimum absolute atomic E-state index is 0.0879. The van der Waals surface area contributed by atoms with E-state index in [2.05, 4.69) is 10.6 Å². The maximum atomic E-state index is 12.5. The van der Waals surface area contributed by atoms with E-state index in [0.29, 0.717) is 0 Å². The van der Waals surface area contributed by atoms with E-state index in [1.54, 1.807) is 19.0 Å². The molecule has 0 saturated heterocycles. The monoisotopic (exact) mass is 441 g/mol. The Morgan fingerprint density at radius 1 is 0.969 bits per heavy atom. The van der Waals surface area contributed by atoms with Crippen molar-refractivity contribution in [3.8, 4) is 11.1 Å². The van der Waals surface area contributed by atoms with Crippen LogP contribution in [-0.2, 0) is 14.3 Å². The van der Waals surface area contributed by atoms with Gasteiger partial charge in [0.1, 0.15) is 18.7 Å². The van der Waals surface area contributed by atoms with E-state index in [4.69, 9.17) is 14.9 Å². The SMILES string of the molecule is CN(C)CC(NC(=O)OCC1c2ccccc2-c2ccccc21)C(=O)N[C@@H](CO)C(=O)O. The molecule has 2 amide bonds. The zero-order valence-electron chi connectivity index (χ0n) is 17.9. The fraction of sp³-hybridized carbons (Fsp3) is 0.348. The summed E-state index contributed by atoms with van der Waals surface area (Å²) < 4.78 is 5.47. The van der Waals surface area contributed by atoms with Crippen molar-refractivity contribution in [1.82, 2.24) is 15.5 Å². The number of aliphatic carboxylic acids is 1. The van der Waals surface area contributed by atoms with Gasteiger partial charge in [-0.1, -0.05) is 48.5 Å². The van der Waals surface area contributed by atoms with Crippen molar-refractivity contribution in [3.63, 3.8) is 0 Å². The fourth-order valence-electron chi connectivity index (χ4n) is 3.80. The van der Waals surface area contributed by atoms with Crippen LogP contribution in [0.25, 0.3) is 11.1 Å². The minimum atomic E-state index is -1.46. The molecule has 0 fully saturated rings. The molecule has 0 spiro atoms. The van der Waals surface area contributed by atoms with Crippen LogP contribution in [0.1, 0.15) is 17.0 Å². The van der Waals surface area contributed by atoms with E-state index in [1.807, 2.05) is 48.5 Å². The van der Waals surface area contributed by atoms with Gasteiger partial charge in [-0.25, -0.2) is 9.59 Å². The number of aliphatic hydroxyl groups excluding tert-OH is 1. The summed E-state index contributed by atoms with van der Waals surface area (Å²) in [4.78, 5) is 37.8. The first-order valence-electron chi connectivity index (χ1n) is 10.2. The van der Waals surface area contributed by atoms with E-state index in [-0.39, 0.29) is 19.1 Å². The summed E-state index contributed by atoms with van der Waals surface area (Å²) in [5.74, 6) is -2.22. The van der Waals surface area contributed by atoms with Gasteiger partial charge in [-0.2, -0.15) is 0 Å². The van der Waals surface area contributed by atoms with Crippen molar-refractivity contribution in [2.45, 2.75) is 18.0 Å². The molecule has 2 aromatic rings. The topological polar surface area (TPSA) is 128 Å². The van der Waals surface area contributed by atoms with Gasteiger partial charge in [-0.15, -0.1) is 0 Å². The molecule has 1 aliphatic rings. The Morgan fingerprint density at radius 2 is 1.53 bits per heavy atom. The Kier molecular flexibility index (Phi) is 7.45. The Morgan fingerprint density at radius 3 is 2.03 bits per heavy atom. The van der Waals surface area contributed by atoms with Crippen LogP contribution in [0.4, 0.5) is 4.79 Å². The van der Waals surface area contributed by atoms with Gasteiger partial charge in [-0.3, -0.25) is 4.79 Å². The van der Waals surface area contributed by atoms with Crippen molar-refractivity contribution >= 4 is 18.0 Å². The van der Waals surface area contributed by atoms with Crippen molar-refractivity contribution in [1.29, 1.82) is 0 Å². The molecule has 0 aliphatic heterocycles. The number of rotatable bonds is 9. The molecule has 4 N–H and O–H groups in total. The molecular formula is C23H27N3O6. The lowest BCUT2D eigenvalue weighted by Gasteiger charge is -2.23. The lowest BCUT2D eigenvalue weighted by Crippen LogP contribution is -2.55. The molecule has 9 nitrogen and oxygen atoms in total. The average molecular weight is 441 g/mol. The van der Waals surface area contributed by atoms with Crippen molar-refractivity contribution in [3.05, 3.63) is 59.7 Å². The number of likely N-dealkylation sites (N-methyl/N-ethyl adjacent to an activating group) is 1. The lowest BCUT2D eigenvalue weighted by molar-refractivity contribution is -0.143. The number of fused-ring (bicyclic) bond motifs is 3. The minimum Gasteiger partial charge on any atom is -0.480 e. The highest BCUT2D eigenvalue weighted by atomic mass is 16.5. The quantitative estimate of drug-likeness (QED) is 0.457. The number of nitrogens with zero attached hydrogens (tertiary/aromatic N) is 1. The number of carboxylic acids is 1. The average Bonchev–Trinajstić information content (AvgIpc) is 3.08. The van der Waals surface area contributed by atoms with Crippen LogP contribution in [0.3, 0.4) is 0 Å². The predicted molar refractivity (Wildman–Crippen MR) is 117 cm³/mol. The Hall–Kier alpha value is -3.43. The van der Waals surface area contributed by atoms with Crippen molar-refractivity contribution in [2.75, 3.05) is 33.9 Å². The number of aliphatic hydroxyl groups is 1. The fourth-order valence-corrected chi connectivity index (χ4v) is 3.80. The Labute approximate surface area is 186 Å². The molecule has 1 unspecified atom stereocenters. The molecule has 0 bridgehead atoms. The van der Waals surface area contributed by atoms with Crippen LogP contribution < -0.4 is 10.6 Å². The second kappa shape index (κ2) is 10.3. The number of hydrogen-bond donors (Lipinski definition) is 4. The molecule has 2 aromatic carbocycles. The van der Waals surface area contributed by atoms with Crippen LogP contribution in [0.5, 0.6) is 0 Å². The maximum absolute atomic E-state index is 12.5. The number of ether oxygens (including phenoxy) is 1. The van der Waals surface area contributed by atoms with Crippen LogP contribution in [-0.4, -0.2) is 79.0 Å². The summed E-state index contributed by atoms with van der Waals surface area (Å²) in [7, 11) is 3.42. The van der Waals surface area contributed by atoms with Gasteiger partial charge >= 0.3 is 12.1 Å². The van der Waals surface area contributed by atoms with E-state index < -0.39 is 36.7 Å². The van der Waals surface area contributed by atoms with E-state index in [9.17, 15) is 14.4 Å². The van der Waals surface area contributed by atoms with Gasteiger partial charge in [0.05, 0.1) is 6.61 Å².